The van der Waals surface area contributed by atoms with Gasteiger partial charge in [-0.15, -0.1) is 5.10 Å². The average Bonchev–Trinajstić information content (AvgIpc) is 3.24. The van der Waals surface area contributed by atoms with Crippen LogP contribution in [0, 0.1) is 0 Å². The Morgan fingerprint density at radius 3 is 2.64 bits per heavy atom. The van der Waals surface area contributed by atoms with Gasteiger partial charge in [-0.25, -0.2) is 9.25 Å². The third-order valence-corrected chi connectivity index (χ3v) is 4.51. The predicted molar refractivity (Wildman–Crippen MR) is 91.6 cm³/mol. The fraction of sp³-hybridized carbons (Fsp3) is 0.400. The first-order valence-electron chi connectivity index (χ1n) is 8.20. The Hall–Kier alpha value is -2.18. The van der Waals surface area contributed by atoms with Crippen LogP contribution in [0.25, 0.3) is 0 Å². The highest BCUT2D eigenvalue weighted by Gasteiger charge is 2.45. The zero-order chi connectivity index (χ0) is 20.3. The van der Waals surface area contributed by atoms with Gasteiger partial charge in [-0.2, -0.15) is 0 Å². The van der Waals surface area contributed by atoms with E-state index in [0.717, 1.165) is 4.68 Å². The third kappa shape index (κ3) is 5.00. The van der Waals surface area contributed by atoms with Crippen molar-refractivity contribution in [2.45, 2.75) is 31.1 Å². The minimum Gasteiger partial charge on any atom is -0.387 e. The van der Waals surface area contributed by atoms with Gasteiger partial charge in [0.2, 0.25) is 0 Å². The minimum atomic E-state index is -4.74. The van der Waals surface area contributed by atoms with Gasteiger partial charge in [0.15, 0.2) is 6.23 Å². The molecule has 2 heterocycles. The third-order valence-electron chi connectivity index (χ3n) is 4.03. The van der Waals surface area contributed by atoms with E-state index >= 15 is 0 Å². The number of amides is 1. The molecule has 0 aliphatic carbocycles. The standard InChI is InChI=1S/C15H19N4O8P/c20-12-11(8-26-28(23,24)25)27-15(13(12)21)19-7-10(17-18-19)6-16-14(22)9-4-2-1-3-5-9/h1-5,7,11-13,15,20-21H,6,8H2,(H,16,22)(H2,23,24,25)/t11-,12-,13-,15-/m1/s1. The number of hydrogen-bond acceptors (Lipinski definition) is 8. The minimum absolute atomic E-state index is 0.0733. The number of nitrogens with zero attached hydrogens (tertiary/aromatic N) is 3. The molecule has 1 saturated heterocycles. The summed E-state index contributed by atoms with van der Waals surface area (Å²) in [5, 5.41) is 30.4. The van der Waals surface area contributed by atoms with E-state index in [2.05, 4.69) is 20.2 Å². The van der Waals surface area contributed by atoms with E-state index in [9.17, 15) is 19.6 Å². The van der Waals surface area contributed by atoms with Gasteiger partial charge >= 0.3 is 7.82 Å². The van der Waals surface area contributed by atoms with Crippen molar-refractivity contribution in [3.05, 3.63) is 47.8 Å². The van der Waals surface area contributed by atoms with Gasteiger partial charge in [0.1, 0.15) is 24.0 Å². The molecular formula is C15H19N4O8P. The second-order valence-corrected chi connectivity index (χ2v) is 7.31. The zero-order valence-electron chi connectivity index (χ0n) is 14.4. The second-order valence-electron chi connectivity index (χ2n) is 6.07. The van der Waals surface area contributed by atoms with E-state index < -0.39 is 39.0 Å². The molecule has 1 aliphatic heterocycles. The van der Waals surface area contributed by atoms with Crippen LogP contribution in [0.15, 0.2) is 36.5 Å². The molecule has 0 bridgehead atoms. The molecule has 13 heteroatoms. The number of carbonyl (C=O) groups excluding carboxylic acids is 1. The molecule has 1 aliphatic rings. The smallest absolute Gasteiger partial charge is 0.387 e. The van der Waals surface area contributed by atoms with Crippen LogP contribution in [0.3, 0.4) is 0 Å². The summed E-state index contributed by atoms with van der Waals surface area (Å²) in [6.07, 6.45) is -3.75. The number of aliphatic hydroxyl groups is 2. The summed E-state index contributed by atoms with van der Waals surface area (Å²) in [7, 11) is -4.74. The van der Waals surface area contributed by atoms with Crippen molar-refractivity contribution in [3.63, 3.8) is 0 Å². The molecule has 0 unspecified atom stereocenters. The summed E-state index contributed by atoms with van der Waals surface area (Å²) in [5.74, 6) is -0.294. The first-order chi connectivity index (χ1) is 13.2. The highest BCUT2D eigenvalue weighted by atomic mass is 31.2. The Morgan fingerprint density at radius 2 is 1.96 bits per heavy atom. The molecule has 5 N–H and O–H groups in total. The maximum atomic E-state index is 12.0. The van der Waals surface area contributed by atoms with E-state index in [-0.39, 0.29) is 12.5 Å². The fourth-order valence-corrected chi connectivity index (χ4v) is 2.98. The van der Waals surface area contributed by atoms with Crippen molar-refractivity contribution >= 4 is 13.7 Å². The summed E-state index contributed by atoms with van der Waals surface area (Å²) in [6.45, 7) is -0.544. The SMILES string of the molecule is O=C(NCc1cn([C@@H]2O[C@H](COP(=O)(O)O)[C@@H](O)[C@H]2O)nn1)c1ccccc1. The number of nitrogens with one attached hydrogen (secondary N) is 1. The molecule has 0 spiro atoms. The summed E-state index contributed by atoms with van der Waals surface area (Å²) < 4.78 is 21.6. The Kier molecular flexibility index (Phi) is 6.20. The number of carbonyl (C=O) groups is 1. The van der Waals surface area contributed by atoms with Crippen LogP contribution in [-0.2, 0) is 20.4 Å². The topological polar surface area (TPSA) is 176 Å². The maximum Gasteiger partial charge on any atom is 0.469 e. The van der Waals surface area contributed by atoms with Crippen LogP contribution < -0.4 is 5.32 Å². The lowest BCUT2D eigenvalue weighted by atomic mass is 10.1. The number of phosphoric acid groups is 1. The molecule has 1 amide bonds. The number of benzene rings is 1. The number of hydrogen-bond donors (Lipinski definition) is 5. The molecule has 1 aromatic heterocycles. The fourth-order valence-electron chi connectivity index (χ4n) is 2.64. The number of phosphoric ester groups is 1. The predicted octanol–water partition coefficient (Wildman–Crippen LogP) is -1.06. The first kappa shape index (κ1) is 20.6. The Balaban J connectivity index is 1.58. The average molecular weight is 414 g/mol. The molecule has 152 valence electrons. The lowest BCUT2D eigenvalue weighted by molar-refractivity contribution is -0.0586. The van der Waals surface area contributed by atoms with Crippen LogP contribution >= 0.6 is 7.82 Å². The molecule has 28 heavy (non-hydrogen) atoms. The lowest BCUT2D eigenvalue weighted by Crippen LogP contribution is -2.33. The summed E-state index contributed by atoms with van der Waals surface area (Å²) in [5.41, 5.74) is 0.866. The summed E-state index contributed by atoms with van der Waals surface area (Å²) in [4.78, 5) is 29.5. The van der Waals surface area contributed by atoms with Crippen LogP contribution in [0.5, 0.6) is 0 Å². The Labute approximate surface area is 158 Å². The molecule has 12 nitrogen and oxygen atoms in total. The van der Waals surface area contributed by atoms with Crippen molar-refractivity contribution in [1.29, 1.82) is 0 Å². The van der Waals surface area contributed by atoms with Gasteiger partial charge in [0.05, 0.1) is 19.3 Å². The van der Waals surface area contributed by atoms with E-state index in [1.165, 1.54) is 6.20 Å². The second kappa shape index (κ2) is 8.45. The zero-order valence-corrected chi connectivity index (χ0v) is 15.3. The monoisotopic (exact) mass is 414 g/mol. The molecule has 1 aromatic carbocycles. The van der Waals surface area contributed by atoms with E-state index in [1.807, 2.05) is 0 Å². The molecule has 2 aromatic rings. The highest BCUT2D eigenvalue weighted by molar-refractivity contribution is 7.46. The molecular weight excluding hydrogens is 395 g/mol. The van der Waals surface area contributed by atoms with E-state index in [4.69, 9.17) is 14.5 Å². The number of rotatable bonds is 7. The van der Waals surface area contributed by atoms with Gasteiger partial charge in [0.25, 0.3) is 5.91 Å². The van der Waals surface area contributed by atoms with Crippen LogP contribution in [0.4, 0.5) is 0 Å². The largest absolute Gasteiger partial charge is 0.469 e. The number of ether oxygens (including phenoxy) is 1. The van der Waals surface area contributed by atoms with Crippen LogP contribution in [0.1, 0.15) is 22.3 Å². The van der Waals surface area contributed by atoms with Crippen molar-refractivity contribution in [1.82, 2.24) is 20.3 Å². The Bertz CT molecular complexity index is 857. The number of aliphatic hydroxyl groups excluding tert-OH is 2. The highest BCUT2D eigenvalue weighted by Crippen LogP contribution is 2.38. The van der Waals surface area contributed by atoms with Gasteiger partial charge in [-0.05, 0) is 12.1 Å². The van der Waals surface area contributed by atoms with E-state index in [0.29, 0.717) is 11.3 Å². The summed E-state index contributed by atoms with van der Waals surface area (Å²) >= 11 is 0. The van der Waals surface area contributed by atoms with Crippen molar-refractivity contribution in [3.8, 4) is 0 Å². The van der Waals surface area contributed by atoms with Gasteiger partial charge in [0, 0.05) is 5.56 Å². The van der Waals surface area contributed by atoms with Crippen LogP contribution in [0.2, 0.25) is 0 Å². The normalized spacial score (nSPS) is 25.0. The summed E-state index contributed by atoms with van der Waals surface area (Å²) in [6, 6.07) is 8.60. The van der Waals surface area contributed by atoms with E-state index in [1.54, 1.807) is 30.3 Å². The molecule has 0 radical (unpaired) electrons. The van der Waals surface area contributed by atoms with Gasteiger partial charge < -0.3 is 30.1 Å². The molecule has 0 saturated carbocycles. The molecule has 3 rings (SSSR count). The van der Waals surface area contributed by atoms with Gasteiger partial charge in [-0.1, -0.05) is 23.4 Å². The molecule has 1 fully saturated rings. The van der Waals surface area contributed by atoms with Gasteiger partial charge in [-0.3, -0.25) is 9.32 Å². The lowest BCUT2D eigenvalue weighted by Gasteiger charge is -2.14. The maximum absolute atomic E-state index is 12.0. The van der Waals surface area contributed by atoms with Crippen LogP contribution in [-0.4, -0.2) is 65.8 Å². The first-order valence-corrected chi connectivity index (χ1v) is 9.73. The van der Waals surface area contributed by atoms with Crippen molar-refractivity contribution in [2.24, 2.45) is 0 Å². The van der Waals surface area contributed by atoms with Crippen molar-refractivity contribution in [2.75, 3.05) is 6.61 Å². The quantitative estimate of drug-likeness (QED) is 0.351. The Morgan fingerprint density at radius 1 is 1.25 bits per heavy atom. The molecule has 4 atom stereocenters. The number of aromatic nitrogens is 3. The van der Waals surface area contributed by atoms with Crippen molar-refractivity contribution < 1.29 is 38.6 Å².